The monoisotopic (exact) mass is 512 g/mol. The van der Waals surface area contributed by atoms with Gasteiger partial charge in [0, 0.05) is 18.9 Å². The number of aliphatic carboxylic acids is 1. The van der Waals surface area contributed by atoms with Gasteiger partial charge in [0.05, 0.1) is 0 Å². The maximum atomic E-state index is 13.1. The number of carboxylic acids is 1. The van der Waals surface area contributed by atoms with Gasteiger partial charge in [0.25, 0.3) is 0 Å². The molecule has 4 rings (SSSR count). The Bertz CT molecular complexity index is 1320. The number of carbonyl (C=O) groups is 3. The normalized spacial score (nSPS) is 13.8. The number of amides is 2. The molecular formula is C30H28N2O6. The first kappa shape index (κ1) is 26.2. The van der Waals surface area contributed by atoms with Gasteiger partial charge in [-0.25, -0.2) is 4.79 Å². The average molecular weight is 513 g/mol. The lowest BCUT2D eigenvalue weighted by Gasteiger charge is -2.21. The zero-order chi connectivity index (χ0) is 26.7. The van der Waals surface area contributed by atoms with E-state index >= 15 is 0 Å². The van der Waals surface area contributed by atoms with Crippen molar-refractivity contribution in [1.82, 2.24) is 10.6 Å². The van der Waals surface area contributed by atoms with E-state index in [2.05, 4.69) is 10.6 Å². The summed E-state index contributed by atoms with van der Waals surface area (Å²) in [5.74, 6) is -0.856. The Balaban J connectivity index is 1.41. The second-order valence-corrected chi connectivity index (χ2v) is 8.67. The summed E-state index contributed by atoms with van der Waals surface area (Å²) in [4.78, 5) is 37.7. The molecule has 0 spiro atoms. The molecule has 0 aliphatic carbocycles. The van der Waals surface area contributed by atoms with Crippen molar-refractivity contribution in [3.8, 4) is 11.5 Å². The molecular weight excluding hydrogens is 484 g/mol. The van der Waals surface area contributed by atoms with Crippen LogP contribution < -0.4 is 20.1 Å². The van der Waals surface area contributed by atoms with E-state index in [9.17, 15) is 19.5 Å². The van der Waals surface area contributed by atoms with Crippen LogP contribution in [0.1, 0.15) is 16.7 Å². The second kappa shape index (κ2) is 12.9. The highest BCUT2D eigenvalue weighted by Gasteiger charge is 2.26. The number of nitrogens with one attached hydrogen (secondary N) is 2. The number of benzene rings is 3. The van der Waals surface area contributed by atoms with E-state index < -0.39 is 29.9 Å². The van der Waals surface area contributed by atoms with E-state index in [0.29, 0.717) is 11.5 Å². The Kier molecular flexibility index (Phi) is 8.91. The fourth-order valence-electron chi connectivity index (χ4n) is 3.93. The van der Waals surface area contributed by atoms with E-state index in [1.54, 1.807) is 30.4 Å². The van der Waals surface area contributed by atoms with Crippen LogP contribution in [-0.2, 0) is 27.2 Å². The molecule has 3 N–H and O–H groups in total. The van der Waals surface area contributed by atoms with Crippen molar-refractivity contribution in [3.05, 3.63) is 114 Å². The molecule has 3 aromatic rings. The Morgan fingerprint density at radius 3 is 2.08 bits per heavy atom. The second-order valence-electron chi connectivity index (χ2n) is 8.67. The molecule has 2 atom stereocenters. The minimum atomic E-state index is -1.15. The lowest BCUT2D eigenvalue weighted by molar-refractivity contribution is -0.142. The first-order chi connectivity index (χ1) is 18.5. The smallest absolute Gasteiger partial charge is 0.326 e. The predicted molar refractivity (Wildman–Crippen MR) is 143 cm³/mol. The zero-order valence-corrected chi connectivity index (χ0v) is 20.6. The first-order valence-corrected chi connectivity index (χ1v) is 12.1. The van der Waals surface area contributed by atoms with E-state index in [0.717, 1.165) is 16.7 Å². The third kappa shape index (κ3) is 7.57. The van der Waals surface area contributed by atoms with Gasteiger partial charge in [0.1, 0.15) is 12.1 Å². The summed E-state index contributed by atoms with van der Waals surface area (Å²) >= 11 is 0. The molecule has 1 heterocycles. The molecule has 0 saturated carbocycles. The van der Waals surface area contributed by atoms with Crippen LogP contribution in [0.4, 0.5) is 0 Å². The molecule has 8 nitrogen and oxygen atoms in total. The molecule has 8 heteroatoms. The van der Waals surface area contributed by atoms with Crippen LogP contribution in [0.15, 0.2) is 97.1 Å². The van der Waals surface area contributed by atoms with E-state index in [1.807, 2.05) is 66.7 Å². The molecule has 0 fully saturated rings. The maximum Gasteiger partial charge on any atom is 0.326 e. The summed E-state index contributed by atoms with van der Waals surface area (Å²) < 4.78 is 10.7. The Hall–Kier alpha value is -4.85. The van der Waals surface area contributed by atoms with Gasteiger partial charge in [0.15, 0.2) is 11.5 Å². The SMILES string of the molecule is O=C(/C=C/C=C/c1ccc2c(c1)OCO2)N[C@H](Cc1ccccc1)C(=O)NC(Cc1ccccc1)C(=O)O. The predicted octanol–water partition coefficient (Wildman–Crippen LogP) is 3.52. The maximum absolute atomic E-state index is 13.1. The molecule has 0 aromatic heterocycles. The van der Waals surface area contributed by atoms with Crippen molar-refractivity contribution in [3.63, 3.8) is 0 Å². The molecule has 0 saturated heterocycles. The van der Waals surface area contributed by atoms with Crippen LogP contribution in [0.2, 0.25) is 0 Å². The fraction of sp³-hybridized carbons (Fsp3) is 0.167. The number of rotatable bonds is 11. The minimum absolute atomic E-state index is 0.123. The number of carbonyl (C=O) groups excluding carboxylic acids is 2. The fourth-order valence-corrected chi connectivity index (χ4v) is 3.93. The zero-order valence-electron chi connectivity index (χ0n) is 20.6. The number of carboxylic acid groups (broad SMARTS) is 1. The van der Waals surface area contributed by atoms with Crippen molar-refractivity contribution < 1.29 is 29.0 Å². The number of hydrogen-bond acceptors (Lipinski definition) is 5. The highest BCUT2D eigenvalue weighted by molar-refractivity contribution is 5.94. The molecule has 1 unspecified atom stereocenters. The van der Waals surface area contributed by atoms with Crippen LogP contribution in [0.5, 0.6) is 11.5 Å². The van der Waals surface area contributed by atoms with E-state index in [1.165, 1.54) is 6.08 Å². The molecule has 0 bridgehead atoms. The van der Waals surface area contributed by atoms with Gasteiger partial charge >= 0.3 is 5.97 Å². The van der Waals surface area contributed by atoms with Gasteiger partial charge in [-0.3, -0.25) is 9.59 Å². The van der Waals surface area contributed by atoms with Crippen LogP contribution in [0, 0.1) is 0 Å². The lowest BCUT2D eigenvalue weighted by atomic mass is 10.0. The summed E-state index contributed by atoms with van der Waals surface area (Å²) in [5.41, 5.74) is 2.48. The molecule has 1 aliphatic heterocycles. The van der Waals surface area contributed by atoms with Crippen molar-refractivity contribution in [2.24, 2.45) is 0 Å². The highest BCUT2D eigenvalue weighted by Crippen LogP contribution is 2.32. The Morgan fingerprint density at radius 1 is 0.789 bits per heavy atom. The van der Waals surface area contributed by atoms with E-state index in [-0.39, 0.29) is 19.6 Å². The van der Waals surface area contributed by atoms with Crippen LogP contribution >= 0.6 is 0 Å². The molecule has 194 valence electrons. The number of ether oxygens (including phenoxy) is 2. The molecule has 1 aliphatic rings. The minimum Gasteiger partial charge on any atom is -0.480 e. The van der Waals surface area contributed by atoms with Crippen molar-refractivity contribution in [2.75, 3.05) is 6.79 Å². The summed E-state index contributed by atoms with van der Waals surface area (Å²) in [5, 5.41) is 15.0. The Labute approximate surface area is 220 Å². The van der Waals surface area contributed by atoms with E-state index in [4.69, 9.17) is 9.47 Å². The Morgan fingerprint density at radius 2 is 1.42 bits per heavy atom. The topological polar surface area (TPSA) is 114 Å². The van der Waals surface area contributed by atoms with Crippen LogP contribution in [-0.4, -0.2) is 41.8 Å². The largest absolute Gasteiger partial charge is 0.480 e. The van der Waals surface area contributed by atoms with Gasteiger partial charge < -0.3 is 25.2 Å². The molecule has 3 aromatic carbocycles. The summed E-state index contributed by atoms with van der Waals surface area (Å²) in [6.45, 7) is 0.194. The molecule has 2 amide bonds. The third-order valence-electron chi connectivity index (χ3n) is 5.86. The summed E-state index contributed by atoms with van der Waals surface area (Å²) in [7, 11) is 0. The number of fused-ring (bicyclic) bond motifs is 1. The quantitative estimate of drug-likeness (QED) is 0.268. The lowest BCUT2D eigenvalue weighted by Crippen LogP contribution is -2.52. The van der Waals surface area contributed by atoms with Crippen molar-refractivity contribution >= 4 is 23.9 Å². The van der Waals surface area contributed by atoms with Crippen molar-refractivity contribution in [1.29, 1.82) is 0 Å². The van der Waals surface area contributed by atoms with Crippen LogP contribution in [0.25, 0.3) is 6.08 Å². The first-order valence-electron chi connectivity index (χ1n) is 12.1. The van der Waals surface area contributed by atoms with Gasteiger partial charge in [-0.1, -0.05) is 85.0 Å². The summed E-state index contributed by atoms with van der Waals surface area (Å²) in [6, 6.07) is 21.7. The third-order valence-corrected chi connectivity index (χ3v) is 5.86. The van der Waals surface area contributed by atoms with Gasteiger partial charge in [0.2, 0.25) is 18.6 Å². The summed E-state index contributed by atoms with van der Waals surface area (Å²) in [6.07, 6.45) is 6.71. The standard InChI is InChI=1S/C30H28N2O6/c33-28(14-8-7-13-23-15-16-26-27(19-23)38-20-37-26)31-24(17-21-9-3-1-4-10-21)29(34)32-25(30(35)36)18-22-11-5-2-6-12-22/h1-16,19,24-25H,17-18,20H2,(H,31,33)(H,32,34)(H,35,36)/b13-7+,14-8+/t24-,25?/m1/s1. The van der Waals surface area contributed by atoms with Crippen LogP contribution in [0.3, 0.4) is 0 Å². The van der Waals surface area contributed by atoms with Gasteiger partial charge in [-0.2, -0.15) is 0 Å². The number of allylic oxidation sites excluding steroid dienone is 2. The van der Waals surface area contributed by atoms with Gasteiger partial charge in [-0.05, 0) is 28.8 Å². The van der Waals surface area contributed by atoms with Crippen molar-refractivity contribution in [2.45, 2.75) is 24.9 Å². The average Bonchev–Trinajstić information content (AvgIpc) is 3.39. The molecule has 38 heavy (non-hydrogen) atoms. The molecule has 0 radical (unpaired) electrons. The number of hydrogen-bond donors (Lipinski definition) is 3. The van der Waals surface area contributed by atoms with Gasteiger partial charge in [-0.15, -0.1) is 0 Å². The highest BCUT2D eigenvalue weighted by atomic mass is 16.7.